The zero-order chi connectivity index (χ0) is 19.6. The van der Waals surface area contributed by atoms with Gasteiger partial charge in [-0.1, -0.05) is 18.2 Å². The number of hydrogen-bond acceptors (Lipinski definition) is 5. The molecule has 27 heavy (non-hydrogen) atoms. The second-order valence-corrected chi connectivity index (χ2v) is 9.40. The molecule has 0 unspecified atom stereocenters. The summed E-state index contributed by atoms with van der Waals surface area (Å²) in [6.45, 7) is 5.16. The van der Waals surface area contributed by atoms with E-state index in [4.69, 9.17) is 9.47 Å². The van der Waals surface area contributed by atoms with Crippen LogP contribution in [0.2, 0.25) is 0 Å². The number of fused-ring (bicyclic) bond motifs is 1. The first-order valence-electron chi connectivity index (χ1n) is 9.15. The van der Waals surface area contributed by atoms with Crippen LogP contribution >= 0.6 is 0 Å². The van der Waals surface area contributed by atoms with E-state index >= 15 is 0 Å². The van der Waals surface area contributed by atoms with E-state index in [1.807, 2.05) is 19.2 Å². The molecule has 2 aromatic carbocycles. The van der Waals surface area contributed by atoms with Gasteiger partial charge in [0, 0.05) is 17.4 Å². The first-order chi connectivity index (χ1) is 12.8. The SMILES string of the molecule is CN[C@@H]1COc2c(-c3c(C)cc(OCCCS(C)(=O)=O)cc3C)cccc21. The van der Waals surface area contributed by atoms with Crippen molar-refractivity contribution in [3.63, 3.8) is 0 Å². The monoisotopic (exact) mass is 389 g/mol. The van der Waals surface area contributed by atoms with E-state index in [9.17, 15) is 8.42 Å². The van der Waals surface area contributed by atoms with Crippen molar-refractivity contribution < 1.29 is 17.9 Å². The molecule has 0 spiro atoms. The molecule has 146 valence electrons. The van der Waals surface area contributed by atoms with Crippen LogP contribution in [0.4, 0.5) is 0 Å². The van der Waals surface area contributed by atoms with Crippen LogP contribution < -0.4 is 14.8 Å². The molecule has 0 amide bonds. The van der Waals surface area contributed by atoms with Crippen LogP contribution in [-0.4, -0.2) is 40.7 Å². The predicted molar refractivity (Wildman–Crippen MR) is 108 cm³/mol. The van der Waals surface area contributed by atoms with Crippen LogP contribution in [0.1, 0.15) is 29.2 Å². The fourth-order valence-electron chi connectivity index (χ4n) is 3.63. The summed E-state index contributed by atoms with van der Waals surface area (Å²) in [7, 11) is -1.00. The molecule has 3 rings (SSSR count). The molecule has 2 aromatic rings. The first kappa shape index (κ1) is 19.7. The zero-order valence-electron chi connectivity index (χ0n) is 16.3. The average Bonchev–Trinajstić information content (AvgIpc) is 3.01. The number of likely N-dealkylation sites (N-methyl/N-ethyl adjacent to an activating group) is 1. The highest BCUT2D eigenvalue weighted by molar-refractivity contribution is 7.90. The van der Waals surface area contributed by atoms with E-state index in [2.05, 4.69) is 37.4 Å². The van der Waals surface area contributed by atoms with Gasteiger partial charge in [-0.25, -0.2) is 8.42 Å². The van der Waals surface area contributed by atoms with Gasteiger partial charge in [0.2, 0.25) is 0 Å². The van der Waals surface area contributed by atoms with Gasteiger partial charge in [0.25, 0.3) is 0 Å². The van der Waals surface area contributed by atoms with Crippen molar-refractivity contribution in [2.45, 2.75) is 26.3 Å². The minimum Gasteiger partial charge on any atom is -0.494 e. The van der Waals surface area contributed by atoms with Crippen LogP contribution in [0.5, 0.6) is 11.5 Å². The molecular weight excluding hydrogens is 362 g/mol. The largest absolute Gasteiger partial charge is 0.494 e. The normalized spacial score (nSPS) is 16.1. The average molecular weight is 390 g/mol. The fraction of sp³-hybridized carbons (Fsp3) is 0.429. The molecule has 0 bridgehead atoms. The number of ether oxygens (including phenoxy) is 2. The Bertz CT molecular complexity index is 914. The topological polar surface area (TPSA) is 64.6 Å². The molecule has 1 N–H and O–H groups in total. The molecule has 0 aromatic heterocycles. The van der Waals surface area contributed by atoms with Crippen LogP contribution in [0.3, 0.4) is 0 Å². The highest BCUT2D eigenvalue weighted by Gasteiger charge is 2.26. The van der Waals surface area contributed by atoms with E-state index in [0.717, 1.165) is 33.8 Å². The molecule has 6 heteroatoms. The Balaban J connectivity index is 1.84. The molecule has 0 saturated heterocycles. The summed E-state index contributed by atoms with van der Waals surface area (Å²) < 4.78 is 34.2. The summed E-state index contributed by atoms with van der Waals surface area (Å²) in [5.74, 6) is 1.86. The van der Waals surface area contributed by atoms with Crippen molar-refractivity contribution in [2.24, 2.45) is 0 Å². The van der Waals surface area contributed by atoms with E-state index < -0.39 is 9.84 Å². The molecule has 0 fully saturated rings. The van der Waals surface area contributed by atoms with Gasteiger partial charge in [0.15, 0.2) is 0 Å². The quantitative estimate of drug-likeness (QED) is 0.735. The van der Waals surface area contributed by atoms with Gasteiger partial charge in [-0.05, 0) is 56.1 Å². The number of nitrogens with one attached hydrogen (secondary N) is 1. The van der Waals surface area contributed by atoms with Crippen molar-refractivity contribution >= 4 is 9.84 Å². The van der Waals surface area contributed by atoms with Crippen molar-refractivity contribution in [1.82, 2.24) is 5.32 Å². The lowest BCUT2D eigenvalue weighted by Gasteiger charge is -2.16. The summed E-state index contributed by atoms with van der Waals surface area (Å²) in [5.41, 5.74) is 5.67. The number of sulfone groups is 1. The summed E-state index contributed by atoms with van der Waals surface area (Å²) >= 11 is 0. The van der Waals surface area contributed by atoms with Crippen LogP contribution in [-0.2, 0) is 9.84 Å². The number of para-hydroxylation sites is 1. The summed E-state index contributed by atoms with van der Waals surface area (Å²) in [6.07, 6.45) is 1.74. The minimum atomic E-state index is -2.95. The van der Waals surface area contributed by atoms with Crippen LogP contribution in [0, 0.1) is 13.8 Å². The molecule has 1 aliphatic rings. The molecule has 1 atom stereocenters. The van der Waals surface area contributed by atoms with E-state index in [-0.39, 0.29) is 11.8 Å². The van der Waals surface area contributed by atoms with E-state index in [1.54, 1.807) is 0 Å². The smallest absolute Gasteiger partial charge is 0.147 e. The van der Waals surface area contributed by atoms with E-state index in [0.29, 0.717) is 19.6 Å². The van der Waals surface area contributed by atoms with Crippen molar-refractivity contribution in [3.05, 3.63) is 47.0 Å². The number of hydrogen-bond donors (Lipinski definition) is 1. The zero-order valence-corrected chi connectivity index (χ0v) is 17.2. The third-order valence-corrected chi connectivity index (χ3v) is 5.90. The predicted octanol–water partition coefficient (Wildman–Crippen LogP) is 3.44. The van der Waals surface area contributed by atoms with Gasteiger partial charge >= 0.3 is 0 Å². The molecule has 1 heterocycles. The first-order valence-corrected chi connectivity index (χ1v) is 11.2. The second-order valence-electron chi connectivity index (χ2n) is 7.14. The molecular formula is C21H27NO4S. The summed E-state index contributed by atoms with van der Waals surface area (Å²) in [4.78, 5) is 0. The van der Waals surface area contributed by atoms with Crippen molar-refractivity contribution in [2.75, 3.05) is 32.3 Å². The maximum atomic E-state index is 11.2. The Labute approximate surface area is 161 Å². The maximum Gasteiger partial charge on any atom is 0.147 e. The Hall–Kier alpha value is -2.05. The molecule has 1 aliphatic heterocycles. The minimum absolute atomic E-state index is 0.142. The van der Waals surface area contributed by atoms with Gasteiger partial charge in [-0.15, -0.1) is 0 Å². The molecule has 5 nitrogen and oxygen atoms in total. The molecule has 0 saturated carbocycles. The van der Waals surface area contributed by atoms with Crippen molar-refractivity contribution in [3.8, 4) is 22.6 Å². The number of aryl methyl sites for hydroxylation is 2. The van der Waals surface area contributed by atoms with E-state index in [1.165, 1.54) is 11.8 Å². The van der Waals surface area contributed by atoms with Crippen LogP contribution in [0.15, 0.2) is 30.3 Å². The van der Waals surface area contributed by atoms with Gasteiger partial charge in [-0.3, -0.25) is 0 Å². The number of rotatable bonds is 7. The third kappa shape index (κ3) is 4.45. The summed E-state index contributed by atoms with van der Waals surface area (Å²) in [6, 6.07) is 10.5. The third-order valence-electron chi connectivity index (χ3n) is 4.87. The standard InChI is InChI=1S/C21H27NO4S/c1-14-11-16(25-9-6-10-27(4,23)24)12-15(2)20(14)18-8-5-7-17-19(22-3)13-26-21(17)18/h5,7-8,11-12,19,22H,6,9-10,13H2,1-4H3/t19-/m1/s1. The Morgan fingerprint density at radius 1 is 1.22 bits per heavy atom. The van der Waals surface area contributed by atoms with Gasteiger partial charge in [0.1, 0.15) is 27.9 Å². The Kier molecular flexibility index (Phi) is 5.77. The Morgan fingerprint density at radius 3 is 2.56 bits per heavy atom. The van der Waals surface area contributed by atoms with Gasteiger partial charge < -0.3 is 14.8 Å². The second kappa shape index (κ2) is 7.90. The Morgan fingerprint density at radius 2 is 1.93 bits per heavy atom. The molecule has 0 aliphatic carbocycles. The highest BCUT2D eigenvalue weighted by Crippen LogP contribution is 2.43. The van der Waals surface area contributed by atoms with Gasteiger partial charge in [-0.2, -0.15) is 0 Å². The van der Waals surface area contributed by atoms with Gasteiger partial charge in [0.05, 0.1) is 18.4 Å². The lowest BCUT2D eigenvalue weighted by atomic mass is 9.92. The fourth-order valence-corrected chi connectivity index (χ4v) is 4.27. The summed E-state index contributed by atoms with van der Waals surface area (Å²) in [5, 5.41) is 3.29. The number of benzene rings is 2. The van der Waals surface area contributed by atoms with Crippen molar-refractivity contribution in [1.29, 1.82) is 0 Å². The highest BCUT2D eigenvalue weighted by atomic mass is 32.2. The lowest BCUT2D eigenvalue weighted by Crippen LogP contribution is -2.16. The molecule has 0 radical (unpaired) electrons. The van der Waals surface area contributed by atoms with Crippen LogP contribution in [0.25, 0.3) is 11.1 Å². The lowest BCUT2D eigenvalue weighted by molar-refractivity contribution is 0.317. The maximum absolute atomic E-state index is 11.2.